The average Bonchev–Trinajstić information content (AvgIpc) is 2.41. The van der Waals surface area contributed by atoms with Gasteiger partial charge < -0.3 is 14.6 Å². The van der Waals surface area contributed by atoms with Crippen molar-refractivity contribution in [1.82, 2.24) is 0 Å². The van der Waals surface area contributed by atoms with Crippen molar-refractivity contribution in [3.8, 4) is 11.1 Å². The molecule has 2 aromatic carbocycles. The molecule has 0 spiro atoms. The molecule has 0 unspecified atom stereocenters. The number of rotatable bonds is 4. The van der Waals surface area contributed by atoms with Gasteiger partial charge in [0.15, 0.2) is 0 Å². The van der Waals surface area contributed by atoms with Crippen LogP contribution in [0.2, 0.25) is 0 Å². The Morgan fingerprint density at radius 3 is 2.00 bits per heavy atom. The highest BCUT2D eigenvalue weighted by Gasteiger charge is 2.20. The normalized spacial score (nSPS) is 10.8. The lowest BCUT2D eigenvalue weighted by atomic mass is 10.0. The number of anilines is 1. The molecule has 2 N–H and O–H groups in total. The SMILES string of the molecule is CO[Si](OC)c1ccccc1-c1ccccc1N. The highest BCUT2D eigenvalue weighted by atomic mass is 28.3. The molecule has 2 aromatic rings. The van der Waals surface area contributed by atoms with Gasteiger partial charge in [-0.1, -0.05) is 42.5 Å². The monoisotopic (exact) mass is 258 g/mol. The first-order valence-corrected chi connectivity index (χ1v) is 6.98. The molecule has 0 aliphatic carbocycles. The Bertz CT molecular complexity index is 527. The molecule has 0 saturated carbocycles. The molecule has 3 nitrogen and oxygen atoms in total. The zero-order chi connectivity index (χ0) is 13.0. The van der Waals surface area contributed by atoms with Crippen molar-refractivity contribution in [2.24, 2.45) is 0 Å². The standard InChI is InChI=1S/C14H16NO2Si/c1-16-18(17-2)14-10-6-4-8-12(14)11-7-3-5-9-13(11)15/h3-10H,15H2,1-2H3. The Balaban J connectivity index is 2.55. The van der Waals surface area contributed by atoms with Gasteiger partial charge in [0.25, 0.3) is 0 Å². The third-order valence-electron chi connectivity index (χ3n) is 2.77. The molecular weight excluding hydrogens is 242 g/mol. The van der Waals surface area contributed by atoms with Crippen LogP contribution < -0.4 is 10.9 Å². The molecule has 1 radical (unpaired) electrons. The maximum atomic E-state index is 6.03. The molecule has 2 rings (SSSR count). The summed E-state index contributed by atoms with van der Waals surface area (Å²) in [6, 6.07) is 15.9. The number of nitrogen functional groups attached to an aromatic ring is 1. The number of hydrogen-bond acceptors (Lipinski definition) is 3. The van der Waals surface area contributed by atoms with E-state index in [1.807, 2.05) is 48.5 Å². The van der Waals surface area contributed by atoms with E-state index < -0.39 is 9.28 Å². The third-order valence-corrected chi connectivity index (χ3v) is 4.39. The molecule has 93 valence electrons. The molecule has 0 saturated heterocycles. The minimum absolute atomic E-state index is 0.763. The number of benzene rings is 2. The Morgan fingerprint density at radius 1 is 0.833 bits per heavy atom. The summed E-state index contributed by atoms with van der Waals surface area (Å²) in [5.74, 6) is 0. The first-order valence-electron chi connectivity index (χ1n) is 5.67. The van der Waals surface area contributed by atoms with Gasteiger partial charge in [-0.3, -0.25) is 0 Å². The highest BCUT2D eigenvalue weighted by Crippen LogP contribution is 2.24. The Labute approximate surface area is 109 Å². The lowest BCUT2D eigenvalue weighted by Gasteiger charge is -2.15. The topological polar surface area (TPSA) is 44.5 Å². The quantitative estimate of drug-likeness (QED) is 0.673. The molecular formula is C14H16NO2Si. The van der Waals surface area contributed by atoms with Crippen LogP contribution in [0.1, 0.15) is 0 Å². The molecule has 4 heteroatoms. The van der Waals surface area contributed by atoms with Crippen molar-refractivity contribution in [1.29, 1.82) is 0 Å². The van der Waals surface area contributed by atoms with Crippen LogP contribution in [-0.2, 0) is 8.85 Å². The van der Waals surface area contributed by atoms with Crippen LogP contribution in [0.5, 0.6) is 0 Å². The minimum Gasteiger partial charge on any atom is -0.398 e. The van der Waals surface area contributed by atoms with Crippen molar-refractivity contribution in [3.05, 3.63) is 48.5 Å². The predicted octanol–water partition coefficient (Wildman–Crippen LogP) is 1.92. The second-order valence-electron chi connectivity index (χ2n) is 3.83. The van der Waals surface area contributed by atoms with E-state index in [1.54, 1.807) is 14.2 Å². The summed E-state index contributed by atoms with van der Waals surface area (Å²) in [4.78, 5) is 0. The van der Waals surface area contributed by atoms with Crippen LogP contribution in [0.3, 0.4) is 0 Å². The van der Waals surface area contributed by atoms with Crippen LogP contribution >= 0.6 is 0 Å². The summed E-state index contributed by atoms with van der Waals surface area (Å²) in [6.07, 6.45) is 0. The molecule has 0 fully saturated rings. The Morgan fingerprint density at radius 2 is 1.39 bits per heavy atom. The lowest BCUT2D eigenvalue weighted by Crippen LogP contribution is -2.36. The summed E-state index contributed by atoms with van der Waals surface area (Å²) in [5.41, 5.74) is 8.89. The second kappa shape index (κ2) is 5.82. The maximum Gasteiger partial charge on any atom is 0.423 e. The average molecular weight is 258 g/mol. The first-order chi connectivity index (χ1) is 8.77. The largest absolute Gasteiger partial charge is 0.423 e. The predicted molar refractivity (Wildman–Crippen MR) is 75.7 cm³/mol. The summed E-state index contributed by atoms with van der Waals surface area (Å²) >= 11 is 0. The van der Waals surface area contributed by atoms with Gasteiger partial charge in [0.2, 0.25) is 0 Å². The van der Waals surface area contributed by atoms with Crippen molar-refractivity contribution in [3.63, 3.8) is 0 Å². The van der Waals surface area contributed by atoms with Crippen LogP contribution in [0, 0.1) is 0 Å². The van der Waals surface area contributed by atoms with Gasteiger partial charge in [-0.15, -0.1) is 0 Å². The van der Waals surface area contributed by atoms with E-state index in [2.05, 4.69) is 0 Å². The number of hydrogen-bond donors (Lipinski definition) is 1. The fraction of sp³-hybridized carbons (Fsp3) is 0.143. The van der Waals surface area contributed by atoms with Gasteiger partial charge in [-0.2, -0.15) is 0 Å². The van der Waals surface area contributed by atoms with E-state index in [1.165, 1.54) is 0 Å². The van der Waals surface area contributed by atoms with Crippen molar-refractivity contribution in [2.75, 3.05) is 20.0 Å². The Hall–Kier alpha value is -1.62. The zero-order valence-electron chi connectivity index (χ0n) is 10.5. The van der Waals surface area contributed by atoms with E-state index in [9.17, 15) is 0 Å². The zero-order valence-corrected chi connectivity index (χ0v) is 11.5. The van der Waals surface area contributed by atoms with E-state index >= 15 is 0 Å². The van der Waals surface area contributed by atoms with E-state index in [0.717, 1.165) is 22.0 Å². The van der Waals surface area contributed by atoms with Crippen molar-refractivity contribution < 1.29 is 8.85 Å². The summed E-state index contributed by atoms with van der Waals surface area (Å²) in [7, 11) is 1.89. The molecule has 0 aromatic heterocycles. The van der Waals surface area contributed by atoms with Gasteiger partial charge in [0, 0.05) is 30.7 Å². The first kappa shape index (κ1) is 12.8. The molecule has 0 heterocycles. The maximum absolute atomic E-state index is 6.03. The summed E-state index contributed by atoms with van der Waals surface area (Å²) < 4.78 is 10.9. The van der Waals surface area contributed by atoms with Gasteiger partial charge in [-0.25, -0.2) is 0 Å². The van der Waals surface area contributed by atoms with Gasteiger partial charge >= 0.3 is 9.28 Å². The lowest BCUT2D eigenvalue weighted by molar-refractivity contribution is 0.292. The fourth-order valence-corrected chi connectivity index (χ4v) is 3.22. The van der Waals surface area contributed by atoms with Gasteiger partial charge in [0.1, 0.15) is 0 Å². The van der Waals surface area contributed by atoms with Gasteiger partial charge in [-0.05, 0) is 11.6 Å². The summed E-state index contributed by atoms with van der Waals surface area (Å²) in [5, 5.41) is 1.07. The number of para-hydroxylation sites is 1. The smallest absolute Gasteiger partial charge is 0.398 e. The van der Waals surface area contributed by atoms with E-state index in [0.29, 0.717) is 0 Å². The van der Waals surface area contributed by atoms with Crippen LogP contribution in [-0.4, -0.2) is 23.5 Å². The van der Waals surface area contributed by atoms with Gasteiger partial charge in [0.05, 0.1) is 0 Å². The van der Waals surface area contributed by atoms with Crippen LogP contribution in [0.25, 0.3) is 11.1 Å². The second-order valence-corrected chi connectivity index (χ2v) is 5.76. The Kier molecular flexibility index (Phi) is 4.14. The van der Waals surface area contributed by atoms with Crippen molar-refractivity contribution >= 4 is 20.2 Å². The van der Waals surface area contributed by atoms with E-state index in [-0.39, 0.29) is 0 Å². The molecule has 0 amide bonds. The highest BCUT2D eigenvalue weighted by molar-refractivity contribution is 6.63. The summed E-state index contributed by atoms with van der Waals surface area (Å²) in [6.45, 7) is 0. The molecule has 0 aliphatic heterocycles. The molecule has 0 aliphatic rings. The third kappa shape index (κ3) is 2.45. The molecule has 0 bridgehead atoms. The fourth-order valence-electron chi connectivity index (χ4n) is 1.94. The van der Waals surface area contributed by atoms with Crippen molar-refractivity contribution in [2.45, 2.75) is 0 Å². The minimum atomic E-state index is -1.45. The molecule has 0 atom stereocenters. The molecule has 18 heavy (non-hydrogen) atoms. The van der Waals surface area contributed by atoms with Crippen LogP contribution in [0.15, 0.2) is 48.5 Å². The van der Waals surface area contributed by atoms with Crippen LogP contribution in [0.4, 0.5) is 5.69 Å². The number of nitrogens with two attached hydrogens (primary N) is 1. The van der Waals surface area contributed by atoms with E-state index in [4.69, 9.17) is 14.6 Å².